The number of rotatable bonds is 11. The summed E-state index contributed by atoms with van der Waals surface area (Å²) < 4.78 is 28.0. The predicted molar refractivity (Wildman–Crippen MR) is 160 cm³/mol. The van der Waals surface area contributed by atoms with Crippen LogP contribution in [0.2, 0.25) is 0 Å². The van der Waals surface area contributed by atoms with Gasteiger partial charge in [-0.2, -0.15) is 0 Å². The lowest BCUT2D eigenvalue weighted by Gasteiger charge is -2.41. The molecule has 0 spiro atoms. The second-order valence-corrected chi connectivity index (χ2v) is 12.5. The number of aliphatic hydroxyl groups is 1. The first-order valence-corrected chi connectivity index (χ1v) is 14.6. The summed E-state index contributed by atoms with van der Waals surface area (Å²) in [4.78, 5) is 11.4. The van der Waals surface area contributed by atoms with Gasteiger partial charge in [-0.15, -0.1) is 0 Å². The molecule has 0 radical (unpaired) electrons. The fourth-order valence-electron chi connectivity index (χ4n) is 5.81. The summed E-state index contributed by atoms with van der Waals surface area (Å²) in [6.07, 6.45) is 4.76. The average molecular weight is 564 g/mol. The Morgan fingerprint density at radius 3 is 2.22 bits per heavy atom. The van der Waals surface area contributed by atoms with Crippen molar-refractivity contribution in [3.05, 3.63) is 106 Å². The van der Waals surface area contributed by atoms with Gasteiger partial charge < -0.3 is 21.5 Å². The predicted octanol–water partition coefficient (Wildman–Crippen LogP) is 5.87. The fraction of sp³-hybridized carbons (Fsp3) is 0.441. The number of benzene rings is 3. The summed E-state index contributed by atoms with van der Waals surface area (Å²) in [5.74, 6) is -1.79. The Hall–Kier alpha value is -3.13. The van der Waals surface area contributed by atoms with Crippen molar-refractivity contribution in [2.45, 2.75) is 88.9 Å². The molecule has 1 saturated carbocycles. The largest absolute Gasteiger partial charge is 0.390 e. The van der Waals surface area contributed by atoms with E-state index in [0.717, 1.165) is 37.3 Å². The summed E-state index contributed by atoms with van der Waals surface area (Å²) in [6.45, 7) is 7.35. The van der Waals surface area contributed by atoms with E-state index in [9.17, 15) is 18.7 Å². The first-order chi connectivity index (χ1) is 19.4. The first kappa shape index (κ1) is 30.8. The molecule has 1 fully saturated rings. The van der Waals surface area contributed by atoms with Crippen molar-refractivity contribution >= 4 is 5.91 Å². The van der Waals surface area contributed by atoms with Crippen LogP contribution < -0.4 is 16.4 Å². The van der Waals surface area contributed by atoms with Crippen molar-refractivity contribution in [2.24, 2.45) is 5.73 Å². The quantitative estimate of drug-likeness (QED) is 0.235. The SMILES string of the molecule is CC(C)(C)c1cccc(C2(NCC(O)C(Cc3cc(F)cc(F)c3)NCc3ccc(C(N)=O)cc3)CCCCC2)c1. The highest BCUT2D eigenvalue weighted by Gasteiger charge is 2.35. The summed E-state index contributed by atoms with van der Waals surface area (Å²) >= 11 is 0. The number of amides is 1. The molecule has 7 heteroatoms. The summed E-state index contributed by atoms with van der Waals surface area (Å²) in [5, 5.41) is 18.6. The molecule has 0 aliphatic heterocycles. The van der Waals surface area contributed by atoms with Crippen molar-refractivity contribution < 1.29 is 18.7 Å². The number of hydrogen-bond donors (Lipinski definition) is 4. The van der Waals surface area contributed by atoms with Crippen LogP contribution in [0.5, 0.6) is 0 Å². The lowest BCUT2D eigenvalue weighted by molar-refractivity contribution is 0.1000. The number of nitrogens with one attached hydrogen (secondary N) is 2. The lowest BCUT2D eigenvalue weighted by atomic mass is 9.74. The smallest absolute Gasteiger partial charge is 0.248 e. The van der Waals surface area contributed by atoms with E-state index in [1.807, 2.05) is 0 Å². The Bertz CT molecular complexity index is 1290. The van der Waals surface area contributed by atoms with Crippen molar-refractivity contribution in [3.8, 4) is 0 Å². The van der Waals surface area contributed by atoms with Gasteiger partial charge in [0.15, 0.2) is 0 Å². The first-order valence-electron chi connectivity index (χ1n) is 14.6. The monoisotopic (exact) mass is 563 g/mol. The molecule has 41 heavy (non-hydrogen) atoms. The number of carbonyl (C=O) groups excluding carboxylic acids is 1. The molecule has 0 aromatic heterocycles. The topological polar surface area (TPSA) is 87.4 Å². The second-order valence-electron chi connectivity index (χ2n) is 12.5. The minimum Gasteiger partial charge on any atom is -0.390 e. The van der Waals surface area contributed by atoms with Gasteiger partial charge in [-0.1, -0.05) is 76.4 Å². The third-order valence-electron chi connectivity index (χ3n) is 8.29. The van der Waals surface area contributed by atoms with Crippen LogP contribution >= 0.6 is 0 Å². The van der Waals surface area contributed by atoms with Crippen LogP contribution in [0.15, 0.2) is 66.7 Å². The van der Waals surface area contributed by atoms with Gasteiger partial charge in [0.05, 0.1) is 6.10 Å². The van der Waals surface area contributed by atoms with Gasteiger partial charge >= 0.3 is 0 Å². The van der Waals surface area contributed by atoms with Crippen molar-refractivity contribution in [1.82, 2.24) is 10.6 Å². The minimum absolute atomic E-state index is 0.0241. The van der Waals surface area contributed by atoms with Gasteiger partial charge in [0, 0.05) is 36.3 Å². The molecule has 0 bridgehead atoms. The van der Waals surface area contributed by atoms with Crippen LogP contribution in [0, 0.1) is 11.6 Å². The van der Waals surface area contributed by atoms with Crippen molar-refractivity contribution in [3.63, 3.8) is 0 Å². The third-order valence-corrected chi connectivity index (χ3v) is 8.29. The van der Waals surface area contributed by atoms with Crippen molar-refractivity contribution in [2.75, 3.05) is 6.54 Å². The molecule has 1 aliphatic carbocycles. The Kier molecular flexibility index (Phi) is 9.95. The Morgan fingerprint density at radius 2 is 1.61 bits per heavy atom. The Balaban J connectivity index is 1.54. The van der Waals surface area contributed by atoms with E-state index in [0.29, 0.717) is 24.2 Å². The Morgan fingerprint density at radius 1 is 0.951 bits per heavy atom. The number of carbonyl (C=O) groups is 1. The molecule has 2 atom stereocenters. The third kappa shape index (κ3) is 8.22. The number of hydrogen-bond acceptors (Lipinski definition) is 4. The van der Waals surface area contributed by atoms with Crippen LogP contribution in [0.3, 0.4) is 0 Å². The molecule has 3 aromatic carbocycles. The van der Waals surface area contributed by atoms with Gasteiger partial charge in [-0.25, -0.2) is 8.78 Å². The summed E-state index contributed by atoms with van der Waals surface area (Å²) in [5.41, 5.74) is 9.42. The van der Waals surface area contributed by atoms with E-state index in [-0.39, 0.29) is 17.4 Å². The lowest BCUT2D eigenvalue weighted by Crippen LogP contribution is -2.52. The van der Waals surface area contributed by atoms with Crippen LogP contribution in [-0.2, 0) is 23.9 Å². The molecule has 5 nitrogen and oxygen atoms in total. The molecule has 2 unspecified atom stereocenters. The van der Waals surface area contributed by atoms with Crippen LogP contribution in [0.1, 0.15) is 85.5 Å². The zero-order chi connectivity index (χ0) is 29.6. The molecular weight excluding hydrogens is 520 g/mol. The number of aliphatic hydroxyl groups excluding tert-OH is 1. The number of primary amides is 1. The van der Waals surface area contributed by atoms with Crippen LogP contribution in [0.4, 0.5) is 8.78 Å². The van der Waals surface area contributed by atoms with E-state index in [1.165, 1.54) is 29.7 Å². The highest BCUT2D eigenvalue weighted by molar-refractivity contribution is 5.92. The molecule has 4 rings (SSSR count). The second kappa shape index (κ2) is 13.2. The summed E-state index contributed by atoms with van der Waals surface area (Å²) in [7, 11) is 0. The van der Waals surface area contributed by atoms with E-state index < -0.39 is 29.7 Å². The van der Waals surface area contributed by atoms with E-state index in [1.54, 1.807) is 24.3 Å². The minimum atomic E-state index is -0.837. The van der Waals surface area contributed by atoms with E-state index in [2.05, 4.69) is 55.7 Å². The molecule has 1 amide bonds. The summed E-state index contributed by atoms with van der Waals surface area (Å²) in [6, 6.07) is 18.7. The maximum atomic E-state index is 14.0. The highest BCUT2D eigenvalue weighted by Crippen LogP contribution is 2.38. The standard InChI is InChI=1S/C34H43F2N3O2/c1-33(2,3)26-8-7-9-27(19-26)34(14-5-4-6-15-34)39-22-31(40)30(18-24-16-28(35)20-29(36)17-24)38-21-23-10-12-25(13-11-23)32(37)41/h7-13,16-17,19-20,30-31,38-40H,4-6,14-15,18,21-22H2,1-3H3,(H2,37,41). The molecule has 0 saturated heterocycles. The van der Waals surface area contributed by atoms with Gasteiger partial charge in [0.25, 0.3) is 0 Å². The average Bonchev–Trinajstić information content (AvgIpc) is 2.94. The van der Waals surface area contributed by atoms with Gasteiger partial charge in [0.1, 0.15) is 11.6 Å². The molecule has 220 valence electrons. The van der Waals surface area contributed by atoms with Gasteiger partial charge in [-0.05, 0) is 71.2 Å². The molecular formula is C34H43F2N3O2. The fourth-order valence-corrected chi connectivity index (χ4v) is 5.81. The van der Waals surface area contributed by atoms with Crippen LogP contribution in [0.25, 0.3) is 0 Å². The van der Waals surface area contributed by atoms with Gasteiger partial charge in [-0.3, -0.25) is 4.79 Å². The highest BCUT2D eigenvalue weighted by atomic mass is 19.1. The zero-order valence-corrected chi connectivity index (χ0v) is 24.4. The molecule has 3 aromatic rings. The van der Waals surface area contributed by atoms with Crippen LogP contribution in [-0.4, -0.2) is 29.7 Å². The van der Waals surface area contributed by atoms with E-state index in [4.69, 9.17) is 5.73 Å². The van der Waals surface area contributed by atoms with E-state index >= 15 is 0 Å². The Labute approximate surface area is 242 Å². The molecule has 5 N–H and O–H groups in total. The number of nitrogens with two attached hydrogens (primary N) is 1. The zero-order valence-electron chi connectivity index (χ0n) is 24.4. The van der Waals surface area contributed by atoms with Gasteiger partial charge in [0.2, 0.25) is 5.91 Å². The molecule has 0 heterocycles. The van der Waals surface area contributed by atoms with Crippen molar-refractivity contribution in [1.29, 1.82) is 0 Å². The molecule has 1 aliphatic rings. The maximum Gasteiger partial charge on any atom is 0.248 e. The maximum absolute atomic E-state index is 14.0. The normalized spacial score (nSPS) is 16.7. The number of halogens is 2.